The fourth-order valence-electron chi connectivity index (χ4n) is 3.63. The Morgan fingerprint density at radius 2 is 1.55 bits per heavy atom. The molecule has 0 amide bonds. The Kier molecular flexibility index (Phi) is 5.99. The molecule has 1 aromatic heterocycles. The molecule has 0 aliphatic rings. The summed E-state index contributed by atoms with van der Waals surface area (Å²) in [5.74, 6) is 0.965. The van der Waals surface area contributed by atoms with Crippen molar-refractivity contribution in [3.63, 3.8) is 0 Å². The van der Waals surface area contributed by atoms with Crippen LogP contribution in [0.2, 0.25) is 0 Å². The van der Waals surface area contributed by atoms with Crippen molar-refractivity contribution in [3.8, 4) is 22.6 Å². The number of hydrogen-bond donors (Lipinski definition) is 1. The van der Waals surface area contributed by atoms with E-state index >= 15 is 0 Å². The van der Waals surface area contributed by atoms with Crippen molar-refractivity contribution in [2.45, 2.75) is 0 Å². The topological polar surface area (TPSA) is 51.3 Å². The number of allylic oxidation sites excluding steroid dienone is 3. The Morgan fingerprint density at radius 3 is 2.23 bits per heavy atom. The van der Waals surface area contributed by atoms with Gasteiger partial charge >= 0.3 is 0 Å². The second-order valence-electron chi connectivity index (χ2n) is 6.97. The van der Waals surface area contributed by atoms with Crippen LogP contribution >= 0.6 is 0 Å². The summed E-state index contributed by atoms with van der Waals surface area (Å²) in [4.78, 5) is 16.4. The summed E-state index contributed by atoms with van der Waals surface area (Å²) in [7, 11) is 3.17. The van der Waals surface area contributed by atoms with Crippen LogP contribution in [0.25, 0.3) is 28.1 Å². The largest absolute Gasteiger partial charge is 0.496 e. The number of aromatic nitrogens is 1. The van der Waals surface area contributed by atoms with Crippen molar-refractivity contribution in [1.82, 2.24) is 4.98 Å². The Morgan fingerprint density at radius 1 is 0.871 bits per heavy atom. The van der Waals surface area contributed by atoms with Gasteiger partial charge in [0.15, 0.2) is 5.78 Å². The third-order valence-corrected chi connectivity index (χ3v) is 5.10. The maximum absolute atomic E-state index is 13.1. The van der Waals surface area contributed by atoms with Gasteiger partial charge in [0.1, 0.15) is 11.5 Å². The lowest BCUT2D eigenvalue weighted by Crippen LogP contribution is -2.02. The Balaban J connectivity index is 1.76. The molecule has 1 heterocycles. The molecule has 0 fully saturated rings. The van der Waals surface area contributed by atoms with E-state index in [-0.39, 0.29) is 5.78 Å². The van der Waals surface area contributed by atoms with Crippen LogP contribution in [0.5, 0.6) is 11.5 Å². The number of carbonyl (C=O) groups is 1. The number of fused-ring (bicyclic) bond motifs is 1. The molecule has 4 aromatic rings. The van der Waals surface area contributed by atoms with E-state index in [0.717, 1.165) is 22.1 Å². The second kappa shape index (κ2) is 9.18. The molecule has 1 N–H and O–H groups in total. The molecule has 31 heavy (non-hydrogen) atoms. The van der Waals surface area contributed by atoms with Gasteiger partial charge in [-0.3, -0.25) is 4.79 Å². The number of H-pyrrole nitrogens is 1. The first-order chi connectivity index (χ1) is 15.2. The first kappa shape index (κ1) is 20.2. The average Bonchev–Trinajstić information content (AvgIpc) is 3.27. The lowest BCUT2D eigenvalue weighted by Gasteiger charge is -2.12. The molecular weight excluding hydrogens is 386 g/mol. The number of hydrogen-bond acceptors (Lipinski definition) is 3. The molecule has 4 rings (SSSR count). The van der Waals surface area contributed by atoms with Crippen LogP contribution in [-0.4, -0.2) is 25.0 Å². The van der Waals surface area contributed by atoms with Crippen molar-refractivity contribution in [3.05, 3.63) is 102 Å². The molecule has 0 atom stereocenters. The highest BCUT2D eigenvalue weighted by molar-refractivity contribution is 6.18. The predicted octanol–water partition coefficient (Wildman–Crippen LogP) is 6.30. The number of rotatable bonds is 7. The third kappa shape index (κ3) is 4.14. The SMILES string of the molecule is COc1cc(OC)c2c(-c3ccccc3)c[nH]c2c1C(=O)/C=C/C=C/c1ccccc1. The summed E-state index contributed by atoms with van der Waals surface area (Å²) in [6.45, 7) is 0. The van der Waals surface area contributed by atoms with Crippen molar-refractivity contribution < 1.29 is 14.3 Å². The minimum absolute atomic E-state index is 0.149. The summed E-state index contributed by atoms with van der Waals surface area (Å²) < 4.78 is 11.2. The Labute approximate surface area is 181 Å². The highest BCUT2D eigenvalue weighted by Crippen LogP contribution is 2.41. The number of carbonyl (C=O) groups excluding carboxylic acids is 1. The van der Waals surface area contributed by atoms with Gasteiger partial charge in [-0.2, -0.15) is 0 Å². The van der Waals surface area contributed by atoms with Gasteiger partial charge in [0.25, 0.3) is 0 Å². The van der Waals surface area contributed by atoms with Crippen molar-refractivity contribution in [2.75, 3.05) is 14.2 Å². The molecule has 4 heteroatoms. The average molecular weight is 409 g/mol. The summed E-state index contributed by atoms with van der Waals surface area (Å²) >= 11 is 0. The van der Waals surface area contributed by atoms with Crippen LogP contribution in [0.15, 0.2) is 91.2 Å². The first-order valence-corrected chi connectivity index (χ1v) is 9.98. The van der Waals surface area contributed by atoms with Crippen LogP contribution < -0.4 is 9.47 Å². The summed E-state index contributed by atoms with van der Waals surface area (Å²) in [6.07, 6.45) is 8.99. The minimum Gasteiger partial charge on any atom is -0.496 e. The number of ether oxygens (including phenoxy) is 2. The number of ketones is 1. The maximum atomic E-state index is 13.1. The smallest absolute Gasteiger partial charge is 0.191 e. The maximum Gasteiger partial charge on any atom is 0.191 e. The van der Waals surface area contributed by atoms with E-state index in [2.05, 4.69) is 4.98 Å². The van der Waals surface area contributed by atoms with Gasteiger partial charge in [0.2, 0.25) is 0 Å². The fraction of sp³-hybridized carbons (Fsp3) is 0.0741. The molecule has 0 saturated carbocycles. The minimum atomic E-state index is -0.149. The van der Waals surface area contributed by atoms with Gasteiger partial charge in [0, 0.05) is 17.8 Å². The molecule has 0 radical (unpaired) electrons. The van der Waals surface area contributed by atoms with Gasteiger partial charge in [-0.1, -0.05) is 78.9 Å². The summed E-state index contributed by atoms with van der Waals surface area (Å²) in [5, 5.41) is 0.853. The molecule has 154 valence electrons. The van der Waals surface area contributed by atoms with Crippen molar-refractivity contribution in [1.29, 1.82) is 0 Å². The van der Waals surface area contributed by atoms with E-state index in [4.69, 9.17) is 9.47 Å². The standard InChI is InChI=1S/C27H23NO3/c1-30-23-17-24(31-2)26(22(29)16-10-9-13-19-11-5-3-6-12-19)27-25(23)21(18-28-27)20-14-7-4-8-15-20/h3-18,28H,1-2H3/b13-9+,16-10+. The van der Waals surface area contributed by atoms with Crippen LogP contribution in [0.1, 0.15) is 15.9 Å². The van der Waals surface area contributed by atoms with E-state index in [0.29, 0.717) is 22.6 Å². The van der Waals surface area contributed by atoms with Crippen molar-refractivity contribution in [2.24, 2.45) is 0 Å². The van der Waals surface area contributed by atoms with E-state index in [1.807, 2.05) is 79.0 Å². The highest BCUT2D eigenvalue weighted by atomic mass is 16.5. The Hall–Kier alpha value is -4.05. The zero-order chi connectivity index (χ0) is 21.6. The van der Waals surface area contributed by atoms with Gasteiger partial charge in [-0.05, 0) is 17.2 Å². The predicted molar refractivity (Wildman–Crippen MR) is 126 cm³/mol. The molecule has 0 bridgehead atoms. The quantitative estimate of drug-likeness (QED) is 0.221. The van der Waals surface area contributed by atoms with Gasteiger partial charge < -0.3 is 14.5 Å². The molecule has 4 nitrogen and oxygen atoms in total. The summed E-state index contributed by atoms with van der Waals surface area (Å²) in [6, 6.07) is 21.7. The molecule has 0 spiro atoms. The van der Waals surface area contributed by atoms with Gasteiger partial charge in [0.05, 0.1) is 30.7 Å². The monoisotopic (exact) mass is 409 g/mol. The highest BCUT2D eigenvalue weighted by Gasteiger charge is 2.22. The zero-order valence-electron chi connectivity index (χ0n) is 17.5. The van der Waals surface area contributed by atoms with Crippen molar-refractivity contribution >= 4 is 22.8 Å². The normalized spacial score (nSPS) is 11.4. The van der Waals surface area contributed by atoms with Crippen LogP contribution in [0.3, 0.4) is 0 Å². The molecule has 0 aliphatic heterocycles. The fourth-order valence-corrected chi connectivity index (χ4v) is 3.63. The number of benzene rings is 3. The summed E-state index contributed by atoms with van der Waals surface area (Å²) in [5.41, 5.74) is 4.25. The third-order valence-electron chi connectivity index (χ3n) is 5.10. The molecule has 0 aliphatic carbocycles. The van der Waals surface area contributed by atoms with E-state index in [1.165, 1.54) is 0 Å². The van der Waals surface area contributed by atoms with E-state index in [1.54, 1.807) is 32.4 Å². The van der Waals surface area contributed by atoms with Crippen LogP contribution in [0.4, 0.5) is 0 Å². The second-order valence-corrected chi connectivity index (χ2v) is 6.97. The molecular formula is C27H23NO3. The number of aromatic amines is 1. The lowest BCUT2D eigenvalue weighted by atomic mass is 9.99. The molecule has 3 aromatic carbocycles. The van der Waals surface area contributed by atoms with Gasteiger partial charge in [-0.15, -0.1) is 0 Å². The van der Waals surface area contributed by atoms with E-state index < -0.39 is 0 Å². The number of nitrogens with one attached hydrogen (secondary N) is 1. The molecule has 0 saturated heterocycles. The molecule has 0 unspecified atom stereocenters. The van der Waals surface area contributed by atoms with Gasteiger partial charge in [-0.25, -0.2) is 0 Å². The van der Waals surface area contributed by atoms with Crippen LogP contribution in [0, 0.1) is 0 Å². The Bertz CT molecular complexity index is 1250. The zero-order valence-corrected chi connectivity index (χ0v) is 17.5. The van der Waals surface area contributed by atoms with E-state index in [9.17, 15) is 4.79 Å². The van der Waals surface area contributed by atoms with Crippen LogP contribution in [-0.2, 0) is 0 Å². The first-order valence-electron chi connectivity index (χ1n) is 9.98. The number of methoxy groups -OCH3 is 2. The lowest BCUT2D eigenvalue weighted by molar-refractivity contribution is 0.104.